The minimum Gasteiger partial charge on any atom is -0.494 e. The Balaban J connectivity index is 1.50. The molecule has 1 fully saturated rings. The Labute approximate surface area is 176 Å². The Kier molecular flexibility index (Phi) is 7.16. The number of benzene rings is 2. The Hall–Kier alpha value is -2.09. The number of hydrogen-bond donors (Lipinski definition) is 1. The molecule has 1 aliphatic heterocycles. The fraction of sp³-hybridized carbons (Fsp3) is 0.381. The molecule has 8 heteroatoms. The summed E-state index contributed by atoms with van der Waals surface area (Å²) in [6.07, 6.45) is 1.50. The van der Waals surface area contributed by atoms with Crippen molar-refractivity contribution in [1.29, 1.82) is 0 Å². The fourth-order valence-corrected chi connectivity index (χ4v) is 4.74. The molecule has 2 aromatic rings. The van der Waals surface area contributed by atoms with Crippen molar-refractivity contribution in [3.63, 3.8) is 0 Å². The van der Waals surface area contributed by atoms with Gasteiger partial charge in [-0.15, -0.1) is 0 Å². The molecule has 0 unspecified atom stereocenters. The molecule has 0 atom stereocenters. The summed E-state index contributed by atoms with van der Waals surface area (Å²) in [4.78, 5) is 14.6. The SMILES string of the molecule is CCOc1ccc(CC(=O)N2CCC(NS(=O)(=O)c3ccc(Cl)cc3)CC2)cc1. The van der Waals surface area contributed by atoms with Crippen molar-refractivity contribution in [2.45, 2.75) is 37.1 Å². The lowest BCUT2D eigenvalue weighted by Crippen LogP contribution is -2.46. The van der Waals surface area contributed by atoms with Gasteiger partial charge >= 0.3 is 0 Å². The van der Waals surface area contributed by atoms with E-state index in [1.54, 1.807) is 17.0 Å². The van der Waals surface area contributed by atoms with Gasteiger partial charge in [-0.3, -0.25) is 4.79 Å². The van der Waals surface area contributed by atoms with Gasteiger partial charge in [0, 0.05) is 24.2 Å². The van der Waals surface area contributed by atoms with Crippen LogP contribution >= 0.6 is 11.6 Å². The maximum atomic E-state index is 12.6. The average Bonchev–Trinajstić information content (AvgIpc) is 2.70. The largest absolute Gasteiger partial charge is 0.494 e. The first-order valence-electron chi connectivity index (χ1n) is 9.65. The maximum absolute atomic E-state index is 12.6. The molecule has 3 rings (SSSR count). The summed E-state index contributed by atoms with van der Waals surface area (Å²) in [5, 5.41) is 0.489. The average molecular weight is 437 g/mol. The zero-order chi connectivity index (χ0) is 20.9. The van der Waals surface area contributed by atoms with E-state index in [0.717, 1.165) is 11.3 Å². The molecule has 1 heterocycles. The number of rotatable bonds is 7. The highest BCUT2D eigenvalue weighted by Gasteiger charge is 2.26. The number of halogens is 1. The predicted molar refractivity (Wildman–Crippen MR) is 113 cm³/mol. The highest BCUT2D eigenvalue weighted by molar-refractivity contribution is 7.89. The van der Waals surface area contributed by atoms with Gasteiger partial charge in [0.2, 0.25) is 15.9 Å². The Morgan fingerprint density at radius 3 is 2.31 bits per heavy atom. The quantitative estimate of drug-likeness (QED) is 0.722. The van der Waals surface area contributed by atoms with Gasteiger partial charge in [0.1, 0.15) is 5.75 Å². The van der Waals surface area contributed by atoms with Gasteiger partial charge < -0.3 is 9.64 Å². The third kappa shape index (κ3) is 5.95. The Bertz CT molecular complexity index is 922. The Morgan fingerprint density at radius 2 is 1.72 bits per heavy atom. The van der Waals surface area contributed by atoms with Crippen molar-refractivity contribution in [2.24, 2.45) is 0 Å². The molecule has 0 aliphatic carbocycles. The minimum absolute atomic E-state index is 0.0492. The van der Waals surface area contributed by atoms with Crippen LogP contribution in [0, 0.1) is 0 Å². The number of ether oxygens (including phenoxy) is 1. The number of likely N-dealkylation sites (tertiary alicyclic amines) is 1. The second kappa shape index (κ2) is 9.61. The van der Waals surface area contributed by atoms with Gasteiger partial charge in [-0.25, -0.2) is 13.1 Å². The Morgan fingerprint density at radius 1 is 1.10 bits per heavy atom. The van der Waals surface area contributed by atoms with Crippen LogP contribution in [-0.4, -0.2) is 45.0 Å². The van der Waals surface area contributed by atoms with Gasteiger partial charge in [-0.2, -0.15) is 0 Å². The summed E-state index contributed by atoms with van der Waals surface area (Å²) in [5.41, 5.74) is 0.934. The lowest BCUT2D eigenvalue weighted by atomic mass is 10.0. The van der Waals surface area contributed by atoms with Crippen molar-refractivity contribution >= 4 is 27.5 Å². The molecule has 1 amide bonds. The van der Waals surface area contributed by atoms with Crippen LogP contribution in [0.5, 0.6) is 5.75 Å². The number of carbonyl (C=O) groups excluding carboxylic acids is 1. The molecule has 0 aromatic heterocycles. The van der Waals surface area contributed by atoms with E-state index in [9.17, 15) is 13.2 Å². The van der Waals surface area contributed by atoms with Crippen LogP contribution in [0.1, 0.15) is 25.3 Å². The normalized spacial score (nSPS) is 15.3. The second-order valence-electron chi connectivity index (χ2n) is 6.98. The fourth-order valence-electron chi connectivity index (χ4n) is 3.30. The van der Waals surface area contributed by atoms with E-state index >= 15 is 0 Å². The molecule has 0 spiro atoms. The third-order valence-corrected chi connectivity index (χ3v) is 6.67. The van der Waals surface area contributed by atoms with Gasteiger partial charge in [0.15, 0.2) is 0 Å². The van der Waals surface area contributed by atoms with E-state index in [2.05, 4.69) is 4.72 Å². The molecule has 29 heavy (non-hydrogen) atoms. The van der Waals surface area contributed by atoms with Crippen molar-refractivity contribution in [2.75, 3.05) is 19.7 Å². The van der Waals surface area contributed by atoms with E-state index in [1.807, 2.05) is 31.2 Å². The maximum Gasteiger partial charge on any atom is 0.240 e. The monoisotopic (exact) mass is 436 g/mol. The molecule has 2 aromatic carbocycles. The van der Waals surface area contributed by atoms with E-state index < -0.39 is 10.0 Å². The summed E-state index contributed by atoms with van der Waals surface area (Å²) >= 11 is 5.82. The van der Waals surface area contributed by atoms with Crippen molar-refractivity contribution in [1.82, 2.24) is 9.62 Å². The second-order valence-corrected chi connectivity index (χ2v) is 9.13. The van der Waals surface area contributed by atoms with Gasteiger partial charge in [0.05, 0.1) is 17.9 Å². The van der Waals surface area contributed by atoms with E-state index in [4.69, 9.17) is 16.3 Å². The zero-order valence-corrected chi connectivity index (χ0v) is 17.9. The number of amides is 1. The van der Waals surface area contributed by atoms with Gasteiger partial charge in [0.25, 0.3) is 0 Å². The van der Waals surface area contributed by atoms with E-state index in [1.165, 1.54) is 12.1 Å². The molecule has 6 nitrogen and oxygen atoms in total. The van der Waals surface area contributed by atoms with Gasteiger partial charge in [-0.1, -0.05) is 23.7 Å². The van der Waals surface area contributed by atoms with Crippen LogP contribution < -0.4 is 9.46 Å². The lowest BCUT2D eigenvalue weighted by Gasteiger charge is -2.32. The number of carbonyl (C=O) groups is 1. The zero-order valence-electron chi connectivity index (χ0n) is 16.3. The molecule has 0 radical (unpaired) electrons. The molecule has 0 bridgehead atoms. The lowest BCUT2D eigenvalue weighted by molar-refractivity contribution is -0.131. The van der Waals surface area contributed by atoms with E-state index in [0.29, 0.717) is 44.0 Å². The first-order valence-corrected chi connectivity index (χ1v) is 11.5. The van der Waals surface area contributed by atoms with Crippen LogP contribution in [0.2, 0.25) is 5.02 Å². The van der Waals surface area contributed by atoms with Crippen molar-refractivity contribution in [3.8, 4) is 5.75 Å². The number of sulfonamides is 1. The standard InChI is InChI=1S/C21H25ClN2O4S/c1-2-28-19-7-3-16(4-8-19)15-21(25)24-13-11-18(12-14-24)23-29(26,27)20-9-5-17(22)6-10-20/h3-10,18,23H,2,11-15H2,1H3. The third-order valence-electron chi connectivity index (χ3n) is 4.88. The van der Waals surface area contributed by atoms with Crippen LogP contribution in [0.25, 0.3) is 0 Å². The predicted octanol–water partition coefficient (Wildman–Crippen LogP) is 3.25. The highest BCUT2D eigenvalue weighted by atomic mass is 35.5. The summed E-state index contributed by atoms with van der Waals surface area (Å²) in [7, 11) is -3.60. The number of nitrogens with one attached hydrogen (secondary N) is 1. The highest BCUT2D eigenvalue weighted by Crippen LogP contribution is 2.18. The first-order chi connectivity index (χ1) is 13.9. The van der Waals surface area contributed by atoms with Gasteiger partial charge in [-0.05, 0) is 61.7 Å². The number of nitrogens with zero attached hydrogens (tertiary/aromatic N) is 1. The van der Waals surface area contributed by atoms with Crippen LogP contribution in [0.15, 0.2) is 53.4 Å². The first kappa shape index (κ1) is 21.6. The smallest absolute Gasteiger partial charge is 0.240 e. The molecule has 1 aliphatic rings. The summed E-state index contributed by atoms with van der Waals surface area (Å²) in [5.74, 6) is 0.839. The summed E-state index contributed by atoms with van der Waals surface area (Å²) in [6.45, 7) is 3.60. The molecular weight excluding hydrogens is 412 g/mol. The minimum atomic E-state index is -3.60. The summed E-state index contributed by atoms with van der Waals surface area (Å²) < 4.78 is 33.1. The molecule has 1 saturated heterocycles. The van der Waals surface area contributed by atoms with Crippen LogP contribution in [-0.2, 0) is 21.2 Å². The van der Waals surface area contributed by atoms with E-state index in [-0.39, 0.29) is 16.8 Å². The summed E-state index contributed by atoms with van der Waals surface area (Å²) in [6, 6.07) is 13.4. The van der Waals surface area contributed by atoms with Crippen LogP contribution in [0.4, 0.5) is 0 Å². The number of hydrogen-bond acceptors (Lipinski definition) is 4. The molecule has 156 valence electrons. The van der Waals surface area contributed by atoms with Crippen molar-refractivity contribution in [3.05, 3.63) is 59.1 Å². The van der Waals surface area contributed by atoms with Crippen LogP contribution in [0.3, 0.4) is 0 Å². The van der Waals surface area contributed by atoms with Crippen molar-refractivity contribution < 1.29 is 17.9 Å². The number of piperidine rings is 1. The molecular formula is C21H25ClN2O4S. The topological polar surface area (TPSA) is 75.7 Å². The molecule has 0 saturated carbocycles. The molecule has 1 N–H and O–H groups in total.